The van der Waals surface area contributed by atoms with Crippen molar-refractivity contribution in [1.82, 2.24) is 14.4 Å². The topological polar surface area (TPSA) is 31.6 Å². The zero-order valence-electron chi connectivity index (χ0n) is 14.9. The molecule has 1 saturated heterocycles. The van der Waals surface area contributed by atoms with E-state index in [1.165, 1.54) is 11.3 Å². The molecule has 136 valence electrons. The molecule has 1 atom stereocenters. The molecule has 1 aromatic carbocycles. The predicted octanol–water partition coefficient (Wildman–Crippen LogP) is 2.88. The third-order valence-electron chi connectivity index (χ3n) is 5.66. The number of likely N-dealkylation sites (tertiary alicyclic amines) is 1. The minimum Gasteiger partial charge on any atom is -0.389 e. The second-order valence-electron chi connectivity index (χ2n) is 7.87. The van der Waals surface area contributed by atoms with Crippen molar-refractivity contribution < 1.29 is 9.50 Å². The predicted molar refractivity (Wildman–Crippen MR) is 98.6 cm³/mol. The minimum absolute atomic E-state index is 0.191. The van der Waals surface area contributed by atoms with Gasteiger partial charge in [-0.25, -0.2) is 4.39 Å². The number of likely N-dealkylation sites (N-methyl/N-ethyl adjacent to an activating group) is 1. The summed E-state index contributed by atoms with van der Waals surface area (Å²) in [7, 11) is 2.11. The number of aliphatic hydroxyl groups is 1. The Hall–Kier alpha value is -1.14. The molecule has 6 heteroatoms. The smallest absolute Gasteiger partial charge is 0.143 e. The monoisotopic (exact) mass is 365 g/mol. The van der Waals surface area contributed by atoms with E-state index in [-0.39, 0.29) is 10.8 Å². The molecule has 1 fully saturated rings. The summed E-state index contributed by atoms with van der Waals surface area (Å²) in [5.41, 5.74) is 2.94. The fourth-order valence-corrected chi connectivity index (χ4v) is 4.46. The Bertz CT molecular complexity index is 817. The van der Waals surface area contributed by atoms with Gasteiger partial charge in [-0.3, -0.25) is 4.90 Å². The molecule has 4 nitrogen and oxygen atoms in total. The Labute approximate surface area is 152 Å². The van der Waals surface area contributed by atoms with Crippen LogP contribution >= 0.6 is 11.6 Å². The quantitative estimate of drug-likeness (QED) is 0.907. The van der Waals surface area contributed by atoms with Crippen LogP contribution < -0.4 is 0 Å². The zero-order valence-corrected chi connectivity index (χ0v) is 15.6. The summed E-state index contributed by atoms with van der Waals surface area (Å²) in [6.45, 7) is 7.08. The molecule has 3 heterocycles. The first-order valence-electron chi connectivity index (χ1n) is 8.96. The van der Waals surface area contributed by atoms with Gasteiger partial charge in [0.05, 0.1) is 16.1 Å². The molecule has 0 radical (unpaired) electrons. The first-order valence-corrected chi connectivity index (χ1v) is 9.34. The highest BCUT2D eigenvalue weighted by Crippen LogP contribution is 2.34. The summed E-state index contributed by atoms with van der Waals surface area (Å²) < 4.78 is 16.4. The first-order chi connectivity index (χ1) is 11.8. The lowest BCUT2D eigenvalue weighted by molar-refractivity contribution is 0.0684. The van der Waals surface area contributed by atoms with Gasteiger partial charge in [0.25, 0.3) is 0 Å². The number of hydrogen-bond acceptors (Lipinski definition) is 3. The van der Waals surface area contributed by atoms with Crippen molar-refractivity contribution in [3.8, 4) is 0 Å². The molecule has 4 rings (SSSR count). The van der Waals surface area contributed by atoms with Gasteiger partial charge in [-0.05, 0) is 38.1 Å². The molecule has 2 aromatic rings. The summed E-state index contributed by atoms with van der Waals surface area (Å²) in [6.07, 6.45) is 1.78. The molecule has 0 spiro atoms. The third kappa shape index (κ3) is 3.19. The maximum absolute atomic E-state index is 14.1. The Balaban J connectivity index is 1.69. The number of halogens is 2. The standard InChI is InChI=1S/C19H25ClFN3O/c1-19(25)4-6-23(12-19)7-8-24-17-3-5-22(2)11-14(17)13-9-15(20)16(21)10-18(13)24/h9-10,25H,3-8,11-12H2,1-2H3. The molecular formula is C19H25ClFN3O. The fraction of sp³-hybridized carbons (Fsp3) is 0.579. The largest absolute Gasteiger partial charge is 0.389 e. The molecule has 2 aliphatic heterocycles. The van der Waals surface area contributed by atoms with Gasteiger partial charge in [0.15, 0.2) is 0 Å². The Kier molecular flexibility index (Phi) is 4.31. The normalized spacial score (nSPS) is 25.0. The van der Waals surface area contributed by atoms with Crippen molar-refractivity contribution in [3.05, 3.63) is 34.2 Å². The van der Waals surface area contributed by atoms with Crippen LogP contribution in [-0.2, 0) is 19.5 Å². The number of nitrogens with zero attached hydrogens (tertiary/aromatic N) is 3. The summed E-state index contributed by atoms with van der Waals surface area (Å²) in [6, 6.07) is 3.36. The Morgan fingerprint density at radius 3 is 2.80 bits per heavy atom. The second kappa shape index (κ2) is 6.23. The van der Waals surface area contributed by atoms with Crippen LogP contribution in [0.4, 0.5) is 4.39 Å². The van der Waals surface area contributed by atoms with Crippen LogP contribution in [0.3, 0.4) is 0 Å². The summed E-state index contributed by atoms with van der Waals surface area (Å²) in [5.74, 6) is -0.359. The van der Waals surface area contributed by atoms with Crippen LogP contribution in [0.15, 0.2) is 12.1 Å². The Morgan fingerprint density at radius 1 is 1.28 bits per heavy atom. The Morgan fingerprint density at radius 2 is 2.08 bits per heavy atom. The van der Waals surface area contributed by atoms with Crippen LogP contribution in [0.25, 0.3) is 10.9 Å². The van der Waals surface area contributed by atoms with Crippen molar-refractivity contribution in [3.63, 3.8) is 0 Å². The molecule has 0 amide bonds. The number of benzene rings is 1. The lowest BCUT2D eigenvalue weighted by atomic mass is 10.1. The molecule has 25 heavy (non-hydrogen) atoms. The molecule has 0 aliphatic carbocycles. The maximum atomic E-state index is 14.1. The van der Waals surface area contributed by atoms with Crippen LogP contribution in [-0.4, -0.2) is 58.3 Å². The van der Waals surface area contributed by atoms with E-state index in [0.717, 1.165) is 56.5 Å². The minimum atomic E-state index is -0.583. The highest BCUT2D eigenvalue weighted by molar-refractivity contribution is 6.31. The SMILES string of the molecule is CN1CCc2c(c3cc(Cl)c(F)cc3n2CCN2CCC(C)(O)C2)C1. The van der Waals surface area contributed by atoms with Crippen molar-refractivity contribution >= 4 is 22.5 Å². The van der Waals surface area contributed by atoms with Gasteiger partial charge >= 0.3 is 0 Å². The van der Waals surface area contributed by atoms with Crippen LogP contribution in [0.2, 0.25) is 5.02 Å². The number of aromatic nitrogens is 1. The maximum Gasteiger partial charge on any atom is 0.143 e. The van der Waals surface area contributed by atoms with Gasteiger partial charge in [0, 0.05) is 56.8 Å². The van der Waals surface area contributed by atoms with Crippen LogP contribution in [0.5, 0.6) is 0 Å². The van der Waals surface area contributed by atoms with Gasteiger partial charge in [0.2, 0.25) is 0 Å². The summed E-state index contributed by atoms with van der Waals surface area (Å²) in [4.78, 5) is 4.58. The summed E-state index contributed by atoms with van der Waals surface area (Å²) in [5, 5.41) is 11.4. The lowest BCUT2D eigenvalue weighted by Gasteiger charge is -2.25. The average Bonchev–Trinajstić information content (AvgIpc) is 3.03. The molecule has 1 N–H and O–H groups in total. The number of rotatable bonds is 3. The second-order valence-corrected chi connectivity index (χ2v) is 8.28. The van der Waals surface area contributed by atoms with Gasteiger partial charge in [-0.15, -0.1) is 0 Å². The molecule has 0 saturated carbocycles. The van der Waals surface area contributed by atoms with E-state index in [4.69, 9.17) is 11.6 Å². The van der Waals surface area contributed by atoms with E-state index < -0.39 is 5.60 Å². The van der Waals surface area contributed by atoms with E-state index in [0.29, 0.717) is 6.54 Å². The van der Waals surface area contributed by atoms with E-state index in [1.807, 2.05) is 6.92 Å². The molecule has 0 bridgehead atoms. The van der Waals surface area contributed by atoms with E-state index >= 15 is 0 Å². The number of β-amino-alcohol motifs (C(OH)–C–C–N with tert-alkyl or cyclic N) is 1. The number of fused-ring (bicyclic) bond motifs is 3. The molecule has 1 unspecified atom stereocenters. The van der Waals surface area contributed by atoms with E-state index in [1.54, 1.807) is 12.1 Å². The highest BCUT2D eigenvalue weighted by Gasteiger charge is 2.31. The van der Waals surface area contributed by atoms with E-state index in [9.17, 15) is 9.50 Å². The van der Waals surface area contributed by atoms with Crippen molar-refractivity contribution in [1.29, 1.82) is 0 Å². The van der Waals surface area contributed by atoms with Gasteiger partial charge in [0.1, 0.15) is 5.82 Å². The van der Waals surface area contributed by atoms with Crippen molar-refractivity contribution in [2.45, 2.75) is 38.5 Å². The molecule has 1 aromatic heterocycles. The third-order valence-corrected chi connectivity index (χ3v) is 5.95. The average molecular weight is 366 g/mol. The van der Waals surface area contributed by atoms with Gasteiger partial charge in [-0.1, -0.05) is 11.6 Å². The first kappa shape index (κ1) is 17.3. The van der Waals surface area contributed by atoms with E-state index in [2.05, 4.69) is 21.4 Å². The number of hydrogen-bond donors (Lipinski definition) is 1. The van der Waals surface area contributed by atoms with Gasteiger partial charge < -0.3 is 14.6 Å². The molecule has 2 aliphatic rings. The van der Waals surface area contributed by atoms with Crippen molar-refractivity contribution in [2.75, 3.05) is 33.2 Å². The molecular weight excluding hydrogens is 341 g/mol. The highest BCUT2D eigenvalue weighted by atomic mass is 35.5. The van der Waals surface area contributed by atoms with Crippen molar-refractivity contribution in [2.24, 2.45) is 0 Å². The zero-order chi connectivity index (χ0) is 17.8. The van der Waals surface area contributed by atoms with Crippen LogP contribution in [0, 0.1) is 5.82 Å². The lowest BCUT2D eigenvalue weighted by Crippen LogP contribution is -2.32. The van der Waals surface area contributed by atoms with Gasteiger partial charge in [-0.2, -0.15) is 0 Å². The fourth-order valence-electron chi connectivity index (χ4n) is 4.30. The summed E-state index contributed by atoms with van der Waals surface area (Å²) >= 11 is 6.05. The van der Waals surface area contributed by atoms with Crippen LogP contribution in [0.1, 0.15) is 24.6 Å².